The molecular weight excluding hydrogens is 432 g/mol. The fourth-order valence-electron chi connectivity index (χ4n) is 5.15. The highest BCUT2D eigenvalue weighted by Gasteiger charge is 2.38. The molecule has 180 valence electrons. The highest BCUT2D eigenvalue weighted by molar-refractivity contribution is 5.87. The number of aliphatic carboxylic acids is 1. The molecule has 7 nitrogen and oxygen atoms in total. The van der Waals surface area contributed by atoms with E-state index in [0.29, 0.717) is 6.54 Å². The summed E-state index contributed by atoms with van der Waals surface area (Å²) in [6.07, 6.45) is 1.96. The molecule has 0 spiro atoms. The van der Waals surface area contributed by atoms with Crippen molar-refractivity contribution in [3.05, 3.63) is 59.7 Å². The van der Waals surface area contributed by atoms with Gasteiger partial charge < -0.3 is 20.1 Å². The molecule has 7 heteroatoms. The zero-order valence-corrected chi connectivity index (χ0v) is 19.7. The molecule has 2 atom stereocenters. The molecular formula is C27H32N2O5. The van der Waals surface area contributed by atoms with Crippen LogP contribution in [0, 0.1) is 5.92 Å². The minimum atomic E-state index is -0.955. The van der Waals surface area contributed by atoms with Crippen molar-refractivity contribution in [2.45, 2.75) is 57.5 Å². The van der Waals surface area contributed by atoms with Gasteiger partial charge in [-0.05, 0) is 54.9 Å². The predicted molar refractivity (Wildman–Crippen MR) is 128 cm³/mol. The van der Waals surface area contributed by atoms with Gasteiger partial charge in [0.05, 0.1) is 6.42 Å². The van der Waals surface area contributed by atoms with Gasteiger partial charge in [0, 0.05) is 18.5 Å². The molecule has 0 radical (unpaired) electrons. The van der Waals surface area contributed by atoms with Crippen molar-refractivity contribution in [2.75, 3.05) is 13.2 Å². The molecule has 0 aromatic heterocycles. The predicted octanol–water partition coefficient (Wildman–Crippen LogP) is 4.41. The molecule has 0 heterocycles. The molecule has 2 aliphatic rings. The Labute approximate surface area is 200 Å². The Morgan fingerprint density at radius 3 is 2.15 bits per heavy atom. The van der Waals surface area contributed by atoms with Gasteiger partial charge in [0.15, 0.2) is 0 Å². The van der Waals surface area contributed by atoms with Crippen LogP contribution in [0.3, 0.4) is 0 Å². The summed E-state index contributed by atoms with van der Waals surface area (Å²) in [6, 6.07) is 15.1. The van der Waals surface area contributed by atoms with Crippen molar-refractivity contribution in [1.82, 2.24) is 10.2 Å². The van der Waals surface area contributed by atoms with Crippen LogP contribution in [-0.2, 0) is 14.3 Å². The third-order valence-corrected chi connectivity index (χ3v) is 7.13. The van der Waals surface area contributed by atoms with Crippen molar-refractivity contribution >= 4 is 18.0 Å². The number of likely N-dealkylation sites (N-methyl/N-ethyl adjacent to an activating group) is 1. The molecule has 1 fully saturated rings. The normalized spacial score (nSPS) is 16.5. The lowest BCUT2D eigenvalue weighted by atomic mass is 9.79. The number of alkyl carbamates (subject to hydrolysis) is 1. The lowest BCUT2D eigenvalue weighted by Crippen LogP contribution is -2.56. The Morgan fingerprint density at radius 1 is 1.06 bits per heavy atom. The number of hydrogen-bond acceptors (Lipinski definition) is 4. The smallest absolute Gasteiger partial charge is 0.407 e. The first-order valence-corrected chi connectivity index (χ1v) is 12.0. The van der Waals surface area contributed by atoms with E-state index in [1.54, 1.807) is 11.8 Å². The van der Waals surface area contributed by atoms with E-state index in [9.17, 15) is 14.4 Å². The maximum atomic E-state index is 13.3. The van der Waals surface area contributed by atoms with Crippen LogP contribution in [-0.4, -0.2) is 53.2 Å². The number of ether oxygens (including phenoxy) is 1. The van der Waals surface area contributed by atoms with E-state index in [4.69, 9.17) is 9.84 Å². The van der Waals surface area contributed by atoms with E-state index in [2.05, 4.69) is 29.6 Å². The number of nitrogens with one attached hydrogen (secondary N) is 1. The van der Waals surface area contributed by atoms with Crippen LogP contribution in [0.1, 0.15) is 56.6 Å². The second-order valence-corrected chi connectivity index (χ2v) is 9.21. The van der Waals surface area contributed by atoms with Gasteiger partial charge in [-0.25, -0.2) is 4.79 Å². The Bertz CT molecular complexity index is 1020. The van der Waals surface area contributed by atoms with Crippen molar-refractivity contribution in [3.63, 3.8) is 0 Å². The highest BCUT2D eigenvalue weighted by atomic mass is 16.5. The first kappa shape index (κ1) is 23.8. The van der Waals surface area contributed by atoms with Crippen LogP contribution in [0.25, 0.3) is 11.1 Å². The summed E-state index contributed by atoms with van der Waals surface area (Å²) in [6.45, 7) is 4.10. The SMILES string of the molecule is CCN(C(=O)C(NC(=O)OCC1c2ccccc2-c2ccccc21)C1CCC1)C(C)CC(=O)O. The van der Waals surface area contributed by atoms with E-state index >= 15 is 0 Å². The molecule has 2 unspecified atom stereocenters. The number of fused-ring (bicyclic) bond motifs is 3. The molecule has 4 rings (SSSR count). The van der Waals surface area contributed by atoms with Crippen molar-refractivity contribution in [1.29, 1.82) is 0 Å². The van der Waals surface area contributed by atoms with Crippen molar-refractivity contribution in [2.24, 2.45) is 5.92 Å². The van der Waals surface area contributed by atoms with Gasteiger partial charge in [-0.15, -0.1) is 0 Å². The molecule has 2 aliphatic carbocycles. The van der Waals surface area contributed by atoms with Crippen LogP contribution in [0.15, 0.2) is 48.5 Å². The maximum Gasteiger partial charge on any atom is 0.407 e. The van der Waals surface area contributed by atoms with Gasteiger partial charge in [0.1, 0.15) is 12.6 Å². The van der Waals surface area contributed by atoms with E-state index in [-0.39, 0.29) is 30.8 Å². The summed E-state index contributed by atoms with van der Waals surface area (Å²) in [5.41, 5.74) is 4.56. The van der Waals surface area contributed by atoms with E-state index in [0.717, 1.165) is 41.5 Å². The average Bonchev–Trinajstić information content (AvgIpc) is 3.10. The van der Waals surface area contributed by atoms with Crippen LogP contribution in [0.5, 0.6) is 0 Å². The third kappa shape index (κ3) is 4.79. The fourth-order valence-corrected chi connectivity index (χ4v) is 5.15. The third-order valence-electron chi connectivity index (χ3n) is 7.13. The number of nitrogens with zero attached hydrogens (tertiary/aromatic N) is 1. The lowest BCUT2D eigenvalue weighted by Gasteiger charge is -2.37. The summed E-state index contributed by atoms with van der Waals surface area (Å²) in [5.74, 6) is -1.21. The Morgan fingerprint density at radius 2 is 1.65 bits per heavy atom. The molecule has 2 amide bonds. The lowest BCUT2D eigenvalue weighted by molar-refractivity contribution is -0.142. The Hall–Kier alpha value is -3.35. The highest BCUT2D eigenvalue weighted by Crippen LogP contribution is 2.44. The van der Waals surface area contributed by atoms with Crippen LogP contribution < -0.4 is 5.32 Å². The van der Waals surface area contributed by atoms with E-state index < -0.39 is 24.1 Å². The zero-order chi connectivity index (χ0) is 24.2. The van der Waals surface area contributed by atoms with Crippen LogP contribution in [0.4, 0.5) is 4.79 Å². The summed E-state index contributed by atoms with van der Waals surface area (Å²) in [5, 5.41) is 12.0. The fraction of sp³-hybridized carbons (Fsp3) is 0.444. The van der Waals surface area contributed by atoms with Gasteiger partial charge in [-0.3, -0.25) is 9.59 Å². The summed E-state index contributed by atoms with van der Waals surface area (Å²) >= 11 is 0. The molecule has 1 saturated carbocycles. The molecule has 2 N–H and O–H groups in total. The van der Waals surface area contributed by atoms with Crippen molar-refractivity contribution < 1.29 is 24.2 Å². The second-order valence-electron chi connectivity index (χ2n) is 9.21. The minimum Gasteiger partial charge on any atom is -0.481 e. The Kier molecular flexibility index (Phi) is 7.20. The summed E-state index contributed by atoms with van der Waals surface area (Å²) < 4.78 is 5.66. The standard InChI is InChI=1S/C27H32N2O5/c1-3-29(17(2)15-24(30)31)26(32)25(18-9-8-10-18)28-27(33)34-16-23-21-13-6-4-11-19(21)20-12-5-7-14-22(20)23/h4-7,11-14,17-18,23,25H,3,8-10,15-16H2,1-2H3,(H,28,33)(H,30,31). The molecule has 34 heavy (non-hydrogen) atoms. The number of hydrogen-bond donors (Lipinski definition) is 2. The number of rotatable bonds is 9. The van der Waals surface area contributed by atoms with Gasteiger partial charge in [0.2, 0.25) is 5.91 Å². The number of carbonyl (C=O) groups is 3. The quantitative estimate of drug-likeness (QED) is 0.573. The first-order chi connectivity index (χ1) is 16.4. The molecule has 0 saturated heterocycles. The maximum absolute atomic E-state index is 13.3. The molecule has 0 aliphatic heterocycles. The van der Waals surface area contributed by atoms with E-state index in [1.807, 2.05) is 31.2 Å². The van der Waals surface area contributed by atoms with Gasteiger partial charge in [-0.1, -0.05) is 55.0 Å². The summed E-state index contributed by atoms with van der Waals surface area (Å²) in [4.78, 5) is 38.9. The monoisotopic (exact) mass is 464 g/mol. The van der Waals surface area contributed by atoms with Gasteiger partial charge >= 0.3 is 12.1 Å². The minimum absolute atomic E-state index is 0.0408. The number of carbonyl (C=O) groups excluding carboxylic acids is 2. The number of benzene rings is 2. The molecule has 2 aromatic rings. The van der Waals surface area contributed by atoms with Crippen molar-refractivity contribution in [3.8, 4) is 11.1 Å². The molecule has 2 aromatic carbocycles. The largest absolute Gasteiger partial charge is 0.481 e. The topological polar surface area (TPSA) is 95.9 Å². The zero-order valence-electron chi connectivity index (χ0n) is 19.7. The number of amides is 2. The van der Waals surface area contributed by atoms with Crippen LogP contribution >= 0.6 is 0 Å². The van der Waals surface area contributed by atoms with Gasteiger partial charge in [-0.2, -0.15) is 0 Å². The second kappa shape index (κ2) is 10.3. The number of carboxylic acids is 1. The first-order valence-electron chi connectivity index (χ1n) is 12.0. The molecule has 0 bridgehead atoms. The van der Waals surface area contributed by atoms with Crippen LogP contribution in [0.2, 0.25) is 0 Å². The number of carboxylic acid groups (broad SMARTS) is 1. The summed E-state index contributed by atoms with van der Waals surface area (Å²) in [7, 11) is 0. The Balaban J connectivity index is 1.44. The van der Waals surface area contributed by atoms with Gasteiger partial charge in [0.25, 0.3) is 0 Å². The van der Waals surface area contributed by atoms with E-state index in [1.165, 1.54) is 0 Å². The average molecular weight is 465 g/mol.